The summed E-state index contributed by atoms with van der Waals surface area (Å²) in [7, 11) is 0. The van der Waals surface area contributed by atoms with Crippen molar-refractivity contribution in [3.63, 3.8) is 0 Å². The minimum atomic E-state index is -0.360. The lowest BCUT2D eigenvalue weighted by atomic mass is 9.64. The Morgan fingerprint density at radius 3 is 2.35 bits per heavy atom. The third kappa shape index (κ3) is 3.28. The molecule has 0 saturated heterocycles. The molecular formula is C20H22ClNO. The molecule has 0 heterocycles. The normalized spacial score (nSPS) is 17.1. The fourth-order valence-corrected chi connectivity index (χ4v) is 3.39. The summed E-state index contributed by atoms with van der Waals surface area (Å²) in [6.07, 6.45) is 2.94. The minimum absolute atomic E-state index is 0.147. The number of nitrogens with one attached hydrogen (secondary N) is 1. The van der Waals surface area contributed by atoms with Crippen LogP contribution in [0.3, 0.4) is 0 Å². The minimum Gasteiger partial charge on any atom is -0.355 e. The summed E-state index contributed by atoms with van der Waals surface area (Å²) in [5.74, 6) is 0.455. The highest BCUT2D eigenvalue weighted by atomic mass is 35.5. The maximum Gasteiger partial charge on any atom is 0.230 e. The monoisotopic (exact) mass is 327 g/mol. The Labute approximate surface area is 142 Å². The van der Waals surface area contributed by atoms with Gasteiger partial charge in [0, 0.05) is 11.6 Å². The van der Waals surface area contributed by atoms with E-state index in [0.29, 0.717) is 17.5 Å². The average molecular weight is 328 g/mol. The standard InChI is InChI=1S/C20H22ClNO/c1-15(16-6-3-2-4-7-16)14-22-19(23)20(12-5-13-20)17-8-10-18(21)11-9-17/h2-4,6-11,15H,5,12-14H2,1H3,(H,22,23). The molecule has 2 nitrogen and oxygen atoms in total. The summed E-state index contributed by atoms with van der Waals surface area (Å²) in [6, 6.07) is 18.0. The van der Waals surface area contributed by atoms with Crippen molar-refractivity contribution in [1.82, 2.24) is 5.32 Å². The van der Waals surface area contributed by atoms with Crippen LogP contribution in [0.5, 0.6) is 0 Å². The molecule has 1 unspecified atom stereocenters. The number of hydrogen-bond acceptors (Lipinski definition) is 1. The molecule has 1 amide bonds. The van der Waals surface area contributed by atoms with Crippen LogP contribution in [0.2, 0.25) is 5.02 Å². The topological polar surface area (TPSA) is 29.1 Å². The van der Waals surface area contributed by atoms with Crippen LogP contribution in [0.4, 0.5) is 0 Å². The second-order valence-corrected chi connectivity index (χ2v) is 6.90. The van der Waals surface area contributed by atoms with Crippen LogP contribution in [0.1, 0.15) is 43.2 Å². The van der Waals surface area contributed by atoms with Gasteiger partial charge in [-0.3, -0.25) is 4.79 Å². The van der Waals surface area contributed by atoms with Crippen LogP contribution in [0, 0.1) is 0 Å². The zero-order valence-corrected chi connectivity index (χ0v) is 14.1. The molecule has 23 heavy (non-hydrogen) atoms. The highest BCUT2D eigenvalue weighted by Crippen LogP contribution is 2.44. The van der Waals surface area contributed by atoms with Crippen LogP contribution >= 0.6 is 11.6 Å². The van der Waals surface area contributed by atoms with Gasteiger partial charge in [-0.2, -0.15) is 0 Å². The van der Waals surface area contributed by atoms with Gasteiger partial charge in [0.1, 0.15) is 0 Å². The van der Waals surface area contributed by atoms with Crippen molar-refractivity contribution in [2.24, 2.45) is 0 Å². The number of carbonyl (C=O) groups excluding carboxylic acids is 1. The second-order valence-electron chi connectivity index (χ2n) is 6.46. The van der Waals surface area contributed by atoms with E-state index in [1.165, 1.54) is 5.56 Å². The summed E-state index contributed by atoms with van der Waals surface area (Å²) in [5, 5.41) is 3.87. The van der Waals surface area contributed by atoms with E-state index in [-0.39, 0.29) is 11.3 Å². The number of carbonyl (C=O) groups is 1. The predicted molar refractivity (Wildman–Crippen MR) is 94.8 cm³/mol. The zero-order chi connectivity index (χ0) is 16.3. The first kappa shape index (κ1) is 16.1. The average Bonchev–Trinajstić information content (AvgIpc) is 2.54. The lowest BCUT2D eigenvalue weighted by molar-refractivity contribution is -0.130. The van der Waals surface area contributed by atoms with E-state index in [2.05, 4.69) is 24.4 Å². The fourth-order valence-electron chi connectivity index (χ4n) is 3.26. The molecule has 1 N–H and O–H groups in total. The van der Waals surface area contributed by atoms with Crippen LogP contribution in [-0.4, -0.2) is 12.5 Å². The molecule has 0 bridgehead atoms. The van der Waals surface area contributed by atoms with Gasteiger partial charge in [-0.1, -0.05) is 67.4 Å². The van der Waals surface area contributed by atoms with Gasteiger partial charge in [0.2, 0.25) is 5.91 Å². The molecule has 0 aliphatic heterocycles. The molecule has 1 aliphatic carbocycles. The van der Waals surface area contributed by atoms with Crippen molar-refractivity contribution in [3.8, 4) is 0 Å². The molecule has 0 spiro atoms. The SMILES string of the molecule is CC(CNC(=O)C1(c2ccc(Cl)cc2)CCC1)c1ccccc1. The summed E-state index contributed by atoms with van der Waals surface area (Å²) in [6.45, 7) is 2.81. The van der Waals surface area contributed by atoms with E-state index >= 15 is 0 Å². The maximum atomic E-state index is 12.8. The van der Waals surface area contributed by atoms with Crippen molar-refractivity contribution in [3.05, 3.63) is 70.7 Å². The van der Waals surface area contributed by atoms with Crippen LogP contribution < -0.4 is 5.32 Å². The molecule has 120 valence electrons. The van der Waals surface area contributed by atoms with Crippen molar-refractivity contribution >= 4 is 17.5 Å². The van der Waals surface area contributed by atoms with Crippen molar-refractivity contribution in [1.29, 1.82) is 0 Å². The summed E-state index contributed by atoms with van der Waals surface area (Å²) in [5.41, 5.74) is 1.97. The summed E-state index contributed by atoms with van der Waals surface area (Å²) >= 11 is 5.97. The third-order valence-electron chi connectivity index (χ3n) is 4.98. The highest BCUT2D eigenvalue weighted by molar-refractivity contribution is 6.30. The Morgan fingerprint density at radius 1 is 1.13 bits per heavy atom. The van der Waals surface area contributed by atoms with Crippen molar-refractivity contribution in [2.75, 3.05) is 6.54 Å². The number of rotatable bonds is 5. The van der Waals surface area contributed by atoms with E-state index in [4.69, 9.17) is 11.6 Å². The molecule has 3 heteroatoms. The Morgan fingerprint density at radius 2 is 1.78 bits per heavy atom. The molecule has 1 aliphatic rings. The Balaban J connectivity index is 1.68. The quantitative estimate of drug-likeness (QED) is 0.848. The number of amides is 1. The first-order valence-electron chi connectivity index (χ1n) is 8.21. The van der Waals surface area contributed by atoms with E-state index in [9.17, 15) is 4.79 Å². The smallest absolute Gasteiger partial charge is 0.230 e. The molecule has 2 aromatic carbocycles. The molecule has 0 aromatic heterocycles. The van der Waals surface area contributed by atoms with Crippen LogP contribution in [0.25, 0.3) is 0 Å². The fraction of sp³-hybridized carbons (Fsp3) is 0.350. The van der Waals surface area contributed by atoms with Gasteiger partial charge >= 0.3 is 0 Å². The van der Waals surface area contributed by atoms with Gasteiger partial charge in [-0.15, -0.1) is 0 Å². The lowest BCUT2D eigenvalue weighted by Gasteiger charge is -2.41. The molecule has 1 atom stereocenters. The molecule has 2 aromatic rings. The van der Waals surface area contributed by atoms with Gasteiger partial charge < -0.3 is 5.32 Å². The number of benzene rings is 2. The highest BCUT2D eigenvalue weighted by Gasteiger charge is 2.45. The van der Waals surface area contributed by atoms with Gasteiger partial charge in [-0.05, 0) is 42.0 Å². The summed E-state index contributed by atoms with van der Waals surface area (Å²) < 4.78 is 0. The lowest BCUT2D eigenvalue weighted by Crippen LogP contribution is -2.49. The molecule has 1 fully saturated rings. The Kier molecular flexibility index (Phi) is 4.72. The van der Waals surface area contributed by atoms with E-state index < -0.39 is 0 Å². The van der Waals surface area contributed by atoms with Gasteiger partial charge in [-0.25, -0.2) is 0 Å². The second kappa shape index (κ2) is 6.76. The van der Waals surface area contributed by atoms with Gasteiger partial charge in [0.15, 0.2) is 0 Å². The number of halogens is 1. The Bertz CT molecular complexity index is 662. The predicted octanol–water partition coefficient (Wildman–Crippen LogP) is 4.68. The van der Waals surface area contributed by atoms with Crippen molar-refractivity contribution in [2.45, 2.75) is 37.5 Å². The largest absolute Gasteiger partial charge is 0.355 e. The number of hydrogen-bond donors (Lipinski definition) is 1. The van der Waals surface area contributed by atoms with E-state index in [0.717, 1.165) is 24.8 Å². The van der Waals surface area contributed by atoms with Crippen molar-refractivity contribution < 1.29 is 4.79 Å². The molecule has 3 rings (SSSR count). The zero-order valence-electron chi connectivity index (χ0n) is 13.4. The Hall–Kier alpha value is -1.80. The van der Waals surface area contributed by atoms with Crippen LogP contribution in [0.15, 0.2) is 54.6 Å². The third-order valence-corrected chi connectivity index (χ3v) is 5.23. The van der Waals surface area contributed by atoms with E-state index in [1.807, 2.05) is 42.5 Å². The van der Waals surface area contributed by atoms with E-state index in [1.54, 1.807) is 0 Å². The first-order chi connectivity index (χ1) is 11.1. The maximum absolute atomic E-state index is 12.8. The molecule has 1 saturated carbocycles. The summed E-state index contributed by atoms with van der Waals surface area (Å²) in [4.78, 5) is 12.8. The molecule has 0 radical (unpaired) electrons. The molecular weight excluding hydrogens is 306 g/mol. The van der Waals surface area contributed by atoms with Crippen LogP contribution in [-0.2, 0) is 10.2 Å². The first-order valence-corrected chi connectivity index (χ1v) is 8.59. The van der Waals surface area contributed by atoms with Gasteiger partial charge in [0.05, 0.1) is 5.41 Å². The van der Waals surface area contributed by atoms with Gasteiger partial charge in [0.25, 0.3) is 0 Å².